The van der Waals surface area contributed by atoms with Crippen molar-refractivity contribution in [1.29, 1.82) is 0 Å². The van der Waals surface area contributed by atoms with Crippen molar-refractivity contribution in [2.24, 2.45) is 5.73 Å². The standard InChI is InChI=1S/C14H12BrF2NS/c1-8(18)9-2-5-13(11(15)6-9)19-14-7-10(16)3-4-12(14)17/h2-8H,18H2,1H3. The molecule has 1 nitrogen and oxygen atoms in total. The van der Waals surface area contributed by atoms with Crippen LogP contribution in [0.1, 0.15) is 18.5 Å². The summed E-state index contributed by atoms with van der Waals surface area (Å²) in [5, 5.41) is 0. The normalized spacial score (nSPS) is 12.5. The summed E-state index contributed by atoms with van der Waals surface area (Å²) >= 11 is 4.60. The predicted molar refractivity (Wildman–Crippen MR) is 77.2 cm³/mol. The van der Waals surface area contributed by atoms with Gasteiger partial charge >= 0.3 is 0 Å². The number of rotatable bonds is 3. The molecule has 0 aliphatic carbocycles. The van der Waals surface area contributed by atoms with Gasteiger partial charge in [-0.15, -0.1) is 0 Å². The van der Waals surface area contributed by atoms with Gasteiger partial charge in [-0.3, -0.25) is 0 Å². The Hall–Kier alpha value is -0.910. The van der Waals surface area contributed by atoms with E-state index in [-0.39, 0.29) is 10.9 Å². The van der Waals surface area contributed by atoms with Gasteiger partial charge in [0.05, 0.1) is 4.90 Å². The first-order valence-corrected chi connectivity index (χ1v) is 7.26. The van der Waals surface area contributed by atoms with Gasteiger partial charge < -0.3 is 5.73 Å². The summed E-state index contributed by atoms with van der Waals surface area (Å²) < 4.78 is 27.5. The molecule has 0 saturated carbocycles. The van der Waals surface area contributed by atoms with Crippen molar-refractivity contribution < 1.29 is 8.78 Å². The molecule has 2 rings (SSSR count). The average molecular weight is 344 g/mol. The molecule has 2 aromatic carbocycles. The van der Waals surface area contributed by atoms with Crippen LogP contribution >= 0.6 is 27.7 Å². The van der Waals surface area contributed by atoms with E-state index >= 15 is 0 Å². The first-order valence-electron chi connectivity index (χ1n) is 5.65. The van der Waals surface area contributed by atoms with E-state index in [1.165, 1.54) is 17.8 Å². The Morgan fingerprint density at radius 3 is 2.47 bits per heavy atom. The van der Waals surface area contributed by atoms with Crippen LogP contribution in [0, 0.1) is 11.6 Å². The molecule has 5 heteroatoms. The van der Waals surface area contributed by atoms with E-state index in [1.807, 2.05) is 25.1 Å². The quantitative estimate of drug-likeness (QED) is 0.857. The van der Waals surface area contributed by atoms with E-state index < -0.39 is 11.6 Å². The Balaban J connectivity index is 2.31. The van der Waals surface area contributed by atoms with Crippen LogP contribution in [0.15, 0.2) is 50.7 Å². The molecule has 0 aromatic heterocycles. The van der Waals surface area contributed by atoms with Crippen LogP contribution in [0.3, 0.4) is 0 Å². The van der Waals surface area contributed by atoms with Gasteiger partial charge in [-0.2, -0.15) is 0 Å². The van der Waals surface area contributed by atoms with Gasteiger partial charge in [0.1, 0.15) is 11.6 Å². The fraction of sp³-hybridized carbons (Fsp3) is 0.143. The zero-order chi connectivity index (χ0) is 14.0. The fourth-order valence-electron chi connectivity index (χ4n) is 1.56. The van der Waals surface area contributed by atoms with Gasteiger partial charge in [0, 0.05) is 15.4 Å². The summed E-state index contributed by atoms with van der Waals surface area (Å²) in [4.78, 5) is 1.07. The van der Waals surface area contributed by atoms with Crippen molar-refractivity contribution in [3.8, 4) is 0 Å². The summed E-state index contributed by atoms with van der Waals surface area (Å²) in [6, 6.07) is 8.97. The predicted octanol–water partition coefficient (Wildman–Crippen LogP) is 4.90. The first kappa shape index (κ1) is 14.5. The molecule has 0 bridgehead atoms. The highest BCUT2D eigenvalue weighted by molar-refractivity contribution is 9.10. The van der Waals surface area contributed by atoms with Crippen LogP contribution < -0.4 is 5.73 Å². The maximum Gasteiger partial charge on any atom is 0.137 e. The monoisotopic (exact) mass is 343 g/mol. The van der Waals surface area contributed by atoms with Crippen LogP contribution in [-0.4, -0.2) is 0 Å². The van der Waals surface area contributed by atoms with E-state index in [1.54, 1.807) is 0 Å². The van der Waals surface area contributed by atoms with E-state index in [0.29, 0.717) is 0 Å². The molecule has 1 unspecified atom stereocenters. The van der Waals surface area contributed by atoms with Gasteiger partial charge in [0.2, 0.25) is 0 Å². The second-order valence-electron chi connectivity index (χ2n) is 4.16. The summed E-state index contributed by atoms with van der Waals surface area (Å²) in [6.45, 7) is 1.89. The first-order chi connectivity index (χ1) is 8.97. The number of nitrogens with two attached hydrogens (primary N) is 1. The molecule has 0 heterocycles. The molecule has 2 N–H and O–H groups in total. The SMILES string of the molecule is CC(N)c1ccc(Sc2cc(F)ccc2F)c(Br)c1. The Kier molecular flexibility index (Phi) is 4.60. The van der Waals surface area contributed by atoms with E-state index in [2.05, 4.69) is 15.9 Å². The highest BCUT2D eigenvalue weighted by Crippen LogP contribution is 2.36. The third kappa shape index (κ3) is 3.55. The molecule has 100 valence electrons. The second kappa shape index (κ2) is 6.03. The molecular formula is C14H12BrF2NS. The van der Waals surface area contributed by atoms with Crippen LogP contribution in [0.25, 0.3) is 0 Å². The number of hydrogen-bond acceptors (Lipinski definition) is 2. The molecule has 0 aliphatic heterocycles. The third-order valence-electron chi connectivity index (χ3n) is 2.59. The Labute approximate surface area is 123 Å². The highest BCUT2D eigenvalue weighted by Gasteiger charge is 2.10. The lowest BCUT2D eigenvalue weighted by molar-refractivity contribution is 0.577. The Morgan fingerprint density at radius 1 is 1.11 bits per heavy atom. The summed E-state index contributed by atoms with van der Waals surface area (Å²) in [6.07, 6.45) is 0. The lowest BCUT2D eigenvalue weighted by atomic mass is 10.1. The minimum Gasteiger partial charge on any atom is -0.324 e. The van der Waals surface area contributed by atoms with Gasteiger partial charge in [-0.05, 0) is 58.7 Å². The zero-order valence-corrected chi connectivity index (χ0v) is 12.6. The van der Waals surface area contributed by atoms with Crippen molar-refractivity contribution in [3.63, 3.8) is 0 Å². The minimum atomic E-state index is -0.452. The average Bonchev–Trinajstić information content (AvgIpc) is 2.36. The number of halogens is 3. The van der Waals surface area contributed by atoms with Crippen molar-refractivity contribution in [3.05, 3.63) is 58.1 Å². The summed E-state index contributed by atoms with van der Waals surface area (Å²) in [7, 11) is 0. The smallest absolute Gasteiger partial charge is 0.137 e. The van der Waals surface area contributed by atoms with Gasteiger partial charge in [0.15, 0.2) is 0 Å². The van der Waals surface area contributed by atoms with E-state index in [0.717, 1.165) is 27.1 Å². The van der Waals surface area contributed by atoms with Crippen LogP contribution in [0.4, 0.5) is 8.78 Å². The van der Waals surface area contributed by atoms with Crippen molar-refractivity contribution in [1.82, 2.24) is 0 Å². The maximum atomic E-state index is 13.6. The second-order valence-corrected chi connectivity index (χ2v) is 6.09. The van der Waals surface area contributed by atoms with Crippen LogP contribution in [0.5, 0.6) is 0 Å². The van der Waals surface area contributed by atoms with Crippen molar-refractivity contribution in [2.45, 2.75) is 22.8 Å². The van der Waals surface area contributed by atoms with Crippen molar-refractivity contribution in [2.75, 3.05) is 0 Å². The van der Waals surface area contributed by atoms with Crippen molar-refractivity contribution >= 4 is 27.7 Å². The molecule has 2 aromatic rings. The van der Waals surface area contributed by atoms with Crippen LogP contribution in [0.2, 0.25) is 0 Å². The Bertz CT molecular complexity index is 602. The number of benzene rings is 2. The molecule has 0 amide bonds. The molecule has 0 aliphatic rings. The third-order valence-corrected chi connectivity index (χ3v) is 4.62. The fourth-order valence-corrected chi connectivity index (χ4v) is 3.06. The lowest BCUT2D eigenvalue weighted by Gasteiger charge is -2.10. The molecule has 0 fully saturated rings. The summed E-state index contributed by atoms with van der Waals surface area (Å²) in [5.41, 5.74) is 6.77. The molecule has 0 radical (unpaired) electrons. The largest absolute Gasteiger partial charge is 0.324 e. The minimum absolute atomic E-state index is 0.0683. The maximum absolute atomic E-state index is 13.6. The summed E-state index contributed by atoms with van der Waals surface area (Å²) in [5.74, 6) is -0.887. The molecule has 0 saturated heterocycles. The Morgan fingerprint density at radius 2 is 1.84 bits per heavy atom. The van der Waals surface area contributed by atoms with Gasteiger partial charge in [-0.1, -0.05) is 17.8 Å². The number of hydrogen-bond donors (Lipinski definition) is 1. The highest BCUT2D eigenvalue weighted by atomic mass is 79.9. The molecule has 19 heavy (non-hydrogen) atoms. The molecule has 0 spiro atoms. The molecule has 1 atom stereocenters. The van der Waals surface area contributed by atoms with E-state index in [9.17, 15) is 8.78 Å². The molecular weight excluding hydrogens is 332 g/mol. The van der Waals surface area contributed by atoms with Gasteiger partial charge in [-0.25, -0.2) is 8.78 Å². The lowest BCUT2D eigenvalue weighted by Crippen LogP contribution is -2.04. The van der Waals surface area contributed by atoms with E-state index in [4.69, 9.17) is 5.73 Å². The zero-order valence-electron chi connectivity index (χ0n) is 10.2. The van der Waals surface area contributed by atoms with Crippen LogP contribution in [-0.2, 0) is 0 Å². The van der Waals surface area contributed by atoms with Gasteiger partial charge in [0.25, 0.3) is 0 Å². The topological polar surface area (TPSA) is 26.0 Å².